The van der Waals surface area contributed by atoms with Crippen LogP contribution in [0.1, 0.15) is 22.6 Å². The molecule has 2 heterocycles. The van der Waals surface area contributed by atoms with Gasteiger partial charge in [-0.2, -0.15) is 0 Å². The fraction of sp³-hybridized carbons (Fsp3) is 0.321. The quantitative estimate of drug-likeness (QED) is 0.658. The van der Waals surface area contributed by atoms with Crippen LogP contribution in [0.15, 0.2) is 78.9 Å². The highest BCUT2D eigenvalue weighted by Crippen LogP contribution is 2.45. The summed E-state index contributed by atoms with van der Waals surface area (Å²) >= 11 is 0. The molecule has 0 bridgehead atoms. The highest BCUT2D eigenvalue weighted by molar-refractivity contribution is 5.79. The van der Waals surface area contributed by atoms with Gasteiger partial charge in [0.25, 0.3) is 0 Å². The normalized spacial score (nSPS) is 25.5. The number of likely N-dealkylation sites (tertiary alicyclic amines) is 1. The summed E-state index contributed by atoms with van der Waals surface area (Å²) in [6.45, 7) is 1.06. The Morgan fingerprint density at radius 1 is 0.939 bits per heavy atom. The molecule has 1 aliphatic carbocycles. The van der Waals surface area contributed by atoms with E-state index in [0.29, 0.717) is 6.54 Å². The topological polar surface area (TPSA) is 59.0 Å². The van der Waals surface area contributed by atoms with Crippen LogP contribution in [0.3, 0.4) is 0 Å². The first kappa shape index (κ1) is 20.5. The van der Waals surface area contributed by atoms with E-state index < -0.39 is 6.10 Å². The van der Waals surface area contributed by atoms with Crippen molar-refractivity contribution in [2.24, 2.45) is 5.92 Å². The monoisotopic (exact) mass is 441 g/mol. The molecule has 33 heavy (non-hydrogen) atoms. The molecule has 4 unspecified atom stereocenters. The van der Waals surface area contributed by atoms with E-state index in [1.807, 2.05) is 42.5 Å². The number of aliphatic hydroxyl groups excluding tert-OH is 1. The molecule has 4 atom stereocenters. The highest BCUT2D eigenvalue weighted by atomic mass is 16.6. The van der Waals surface area contributed by atoms with E-state index in [9.17, 15) is 9.90 Å². The van der Waals surface area contributed by atoms with Crippen LogP contribution in [0.25, 0.3) is 11.1 Å². The lowest BCUT2D eigenvalue weighted by molar-refractivity contribution is 0.0560. The zero-order valence-electron chi connectivity index (χ0n) is 18.3. The maximum atomic E-state index is 13.2. The lowest BCUT2D eigenvalue weighted by Gasteiger charge is -2.25. The minimum absolute atomic E-state index is 0.0182. The SMILES string of the molecule is O=C(OCC1c2ccccc2-c2ccccc21)N1CC(Cc2ccccc2)C2OCC(O)C21. The van der Waals surface area contributed by atoms with Crippen LogP contribution in [0, 0.1) is 5.92 Å². The Hall–Kier alpha value is -3.15. The van der Waals surface area contributed by atoms with E-state index in [0.717, 1.165) is 6.42 Å². The van der Waals surface area contributed by atoms with Crippen molar-refractivity contribution in [1.29, 1.82) is 0 Å². The van der Waals surface area contributed by atoms with Gasteiger partial charge in [0.05, 0.1) is 18.8 Å². The third-order valence-electron chi connectivity index (χ3n) is 7.36. The van der Waals surface area contributed by atoms with Crippen LogP contribution in [-0.4, -0.2) is 54.1 Å². The summed E-state index contributed by atoms with van der Waals surface area (Å²) in [7, 11) is 0. The van der Waals surface area contributed by atoms with Gasteiger partial charge in [-0.1, -0.05) is 78.9 Å². The van der Waals surface area contributed by atoms with Crippen LogP contribution in [0.4, 0.5) is 4.79 Å². The number of hydrogen-bond acceptors (Lipinski definition) is 4. The molecular weight excluding hydrogens is 414 g/mol. The second-order valence-electron chi connectivity index (χ2n) is 9.26. The fourth-order valence-electron chi connectivity index (χ4n) is 5.87. The molecule has 1 amide bonds. The number of benzene rings is 3. The lowest BCUT2D eigenvalue weighted by Crippen LogP contribution is -2.44. The van der Waals surface area contributed by atoms with Gasteiger partial charge >= 0.3 is 6.09 Å². The molecule has 0 aromatic heterocycles. The summed E-state index contributed by atoms with van der Waals surface area (Å²) in [5, 5.41) is 10.6. The number of carbonyl (C=O) groups excluding carboxylic acids is 1. The maximum absolute atomic E-state index is 13.2. The van der Waals surface area contributed by atoms with Crippen LogP contribution >= 0.6 is 0 Å². The van der Waals surface area contributed by atoms with Crippen molar-refractivity contribution < 1.29 is 19.4 Å². The predicted molar refractivity (Wildman–Crippen MR) is 125 cm³/mol. The summed E-state index contributed by atoms with van der Waals surface area (Å²) in [6.07, 6.45) is -0.411. The van der Waals surface area contributed by atoms with Crippen LogP contribution in [-0.2, 0) is 15.9 Å². The minimum atomic E-state index is -0.684. The van der Waals surface area contributed by atoms with Crippen molar-refractivity contribution in [3.8, 4) is 11.1 Å². The molecule has 2 aliphatic heterocycles. The number of nitrogens with zero attached hydrogens (tertiary/aromatic N) is 1. The Morgan fingerprint density at radius 3 is 2.27 bits per heavy atom. The molecule has 0 spiro atoms. The lowest BCUT2D eigenvalue weighted by atomic mass is 9.94. The first-order valence-electron chi connectivity index (χ1n) is 11.7. The average Bonchev–Trinajstić information content (AvgIpc) is 3.51. The van der Waals surface area contributed by atoms with E-state index in [1.165, 1.54) is 27.8 Å². The number of fused-ring (bicyclic) bond motifs is 4. The average molecular weight is 442 g/mol. The molecule has 2 fully saturated rings. The van der Waals surface area contributed by atoms with Gasteiger partial charge in [0.15, 0.2) is 0 Å². The third kappa shape index (κ3) is 3.52. The molecule has 3 aromatic carbocycles. The van der Waals surface area contributed by atoms with Gasteiger partial charge in [-0.3, -0.25) is 4.90 Å². The summed E-state index contributed by atoms with van der Waals surface area (Å²) in [6, 6.07) is 26.5. The summed E-state index contributed by atoms with van der Waals surface area (Å²) in [5.41, 5.74) is 6.01. The molecule has 2 saturated heterocycles. The summed E-state index contributed by atoms with van der Waals surface area (Å²) < 4.78 is 11.8. The van der Waals surface area contributed by atoms with Gasteiger partial charge in [0.1, 0.15) is 12.7 Å². The van der Waals surface area contributed by atoms with Gasteiger partial charge in [-0.25, -0.2) is 4.79 Å². The van der Waals surface area contributed by atoms with E-state index in [1.54, 1.807) is 4.90 Å². The standard InChI is InChI=1S/C28H27NO4/c30-25-17-32-27-19(14-18-8-2-1-3-9-18)15-29(26(25)27)28(31)33-16-24-22-12-6-4-10-20(22)21-11-5-7-13-23(21)24/h1-13,19,24-27,30H,14-17H2. The highest BCUT2D eigenvalue weighted by Gasteiger charge is 2.52. The molecule has 5 heteroatoms. The molecule has 3 aliphatic rings. The molecule has 6 rings (SSSR count). The van der Waals surface area contributed by atoms with Crippen molar-refractivity contribution in [1.82, 2.24) is 4.90 Å². The van der Waals surface area contributed by atoms with Crippen molar-refractivity contribution in [3.63, 3.8) is 0 Å². The Morgan fingerprint density at radius 2 is 1.58 bits per heavy atom. The molecule has 0 radical (unpaired) electrons. The van der Waals surface area contributed by atoms with E-state index in [2.05, 4.69) is 36.4 Å². The summed E-state index contributed by atoms with van der Waals surface area (Å²) in [4.78, 5) is 14.9. The van der Waals surface area contributed by atoms with Gasteiger partial charge in [-0.15, -0.1) is 0 Å². The fourth-order valence-corrected chi connectivity index (χ4v) is 5.87. The van der Waals surface area contributed by atoms with Crippen LogP contribution < -0.4 is 0 Å². The smallest absolute Gasteiger partial charge is 0.410 e. The Kier molecular flexibility index (Phi) is 5.16. The van der Waals surface area contributed by atoms with Crippen molar-refractivity contribution in [2.75, 3.05) is 19.8 Å². The van der Waals surface area contributed by atoms with Crippen molar-refractivity contribution in [3.05, 3.63) is 95.6 Å². The molecule has 1 N–H and O–H groups in total. The second-order valence-corrected chi connectivity index (χ2v) is 9.26. The van der Waals surface area contributed by atoms with Crippen molar-refractivity contribution in [2.45, 2.75) is 30.6 Å². The molecule has 168 valence electrons. The van der Waals surface area contributed by atoms with E-state index in [-0.39, 0.29) is 43.3 Å². The molecule has 5 nitrogen and oxygen atoms in total. The molecule has 3 aromatic rings. The first-order chi connectivity index (χ1) is 16.2. The van der Waals surface area contributed by atoms with Gasteiger partial charge in [0.2, 0.25) is 0 Å². The predicted octanol–water partition coefficient (Wildman–Crippen LogP) is 4.24. The van der Waals surface area contributed by atoms with E-state index >= 15 is 0 Å². The zero-order chi connectivity index (χ0) is 22.4. The minimum Gasteiger partial charge on any atom is -0.448 e. The number of carbonyl (C=O) groups is 1. The third-order valence-corrected chi connectivity index (χ3v) is 7.36. The molecule has 0 saturated carbocycles. The maximum Gasteiger partial charge on any atom is 0.410 e. The largest absolute Gasteiger partial charge is 0.448 e. The number of hydrogen-bond donors (Lipinski definition) is 1. The molecular formula is C28H27NO4. The van der Waals surface area contributed by atoms with Crippen LogP contribution in [0.5, 0.6) is 0 Å². The summed E-state index contributed by atoms with van der Waals surface area (Å²) in [5.74, 6) is 0.152. The Bertz CT molecular complexity index is 1120. The van der Waals surface area contributed by atoms with Crippen molar-refractivity contribution >= 4 is 6.09 Å². The van der Waals surface area contributed by atoms with Gasteiger partial charge in [-0.05, 0) is 34.2 Å². The van der Waals surface area contributed by atoms with Gasteiger partial charge in [0, 0.05) is 18.4 Å². The Balaban J connectivity index is 1.19. The number of ether oxygens (including phenoxy) is 2. The zero-order valence-corrected chi connectivity index (χ0v) is 18.3. The van der Waals surface area contributed by atoms with Crippen LogP contribution in [0.2, 0.25) is 0 Å². The second kappa shape index (κ2) is 8.32. The number of rotatable bonds is 4. The first-order valence-corrected chi connectivity index (χ1v) is 11.7. The van der Waals surface area contributed by atoms with E-state index in [4.69, 9.17) is 9.47 Å². The number of amides is 1. The Labute approximate surface area is 193 Å². The number of aliphatic hydroxyl groups is 1. The van der Waals surface area contributed by atoms with Gasteiger partial charge < -0.3 is 14.6 Å².